The molecule has 1 heterocycles. The molecule has 2 N–H and O–H groups in total. The number of rotatable bonds is 7. The molecule has 0 spiro atoms. The van der Waals surface area contributed by atoms with Gasteiger partial charge in [0.05, 0.1) is 5.02 Å². The summed E-state index contributed by atoms with van der Waals surface area (Å²) in [5, 5.41) is 2.85. The standard InChI is InChI=1S/C25H23ClN4O3S/c1-17-4-3-5-21(14-17)29-34(32,33)24-15-20(8-11-23(24)26)25(31)28-16-19-6-9-22(10-7-19)30-13-12-27-18(30)2/h3-15,29H,16H2,1-2H3,(H,28,31). The summed E-state index contributed by atoms with van der Waals surface area (Å²) in [6.45, 7) is 4.07. The molecule has 1 aromatic heterocycles. The fraction of sp³-hybridized carbons (Fsp3) is 0.120. The number of carbonyl (C=O) groups excluding carboxylic acids is 1. The van der Waals surface area contributed by atoms with Crippen molar-refractivity contribution < 1.29 is 13.2 Å². The number of imidazole rings is 1. The molecule has 0 atom stereocenters. The van der Waals surface area contributed by atoms with Gasteiger partial charge in [-0.25, -0.2) is 13.4 Å². The van der Waals surface area contributed by atoms with Gasteiger partial charge in [-0.1, -0.05) is 35.9 Å². The van der Waals surface area contributed by atoms with Gasteiger partial charge in [-0.15, -0.1) is 0 Å². The molecule has 0 aliphatic rings. The summed E-state index contributed by atoms with van der Waals surface area (Å²) in [4.78, 5) is 16.8. The van der Waals surface area contributed by atoms with Crippen molar-refractivity contribution >= 4 is 33.2 Å². The van der Waals surface area contributed by atoms with Crippen LogP contribution in [0.15, 0.2) is 84.0 Å². The van der Waals surface area contributed by atoms with Gasteiger partial charge in [-0.05, 0) is 67.4 Å². The summed E-state index contributed by atoms with van der Waals surface area (Å²) < 4.78 is 30.3. The highest BCUT2D eigenvalue weighted by atomic mass is 35.5. The maximum absolute atomic E-state index is 12.9. The van der Waals surface area contributed by atoms with Gasteiger partial charge < -0.3 is 9.88 Å². The van der Waals surface area contributed by atoms with E-state index in [9.17, 15) is 13.2 Å². The number of hydrogen-bond acceptors (Lipinski definition) is 4. The lowest BCUT2D eigenvalue weighted by Gasteiger charge is -2.12. The number of benzene rings is 3. The molecule has 4 rings (SSSR count). The number of hydrogen-bond donors (Lipinski definition) is 2. The first-order valence-corrected chi connectivity index (χ1v) is 12.4. The average molecular weight is 495 g/mol. The van der Waals surface area contributed by atoms with E-state index in [0.29, 0.717) is 5.69 Å². The fourth-order valence-electron chi connectivity index (χ4n) is 3.48. The molecule has 3 aromatic carbocycles. The van der Waals surface area contributed by atoms with E-state index in [1.54, 1.807) is 24.4 Å². The minimum atomic E-state index is -3.98. The Kier molecular flexibility index (Phi) is 6.72. The highest BCUT2D eigenvalue weighted by molar-refractivity contribution is 7.92. The first kappa shape index (κ1) is 23.5. The van der Waals surface area contributed by atoms with E-state index in [0.717, 1.165) is 22.6 Å². The highest BCUT2D eigenvalue weighted by Crippen LogP contribution is 2.25. The van der Waals surface area contributed by atoms with E-state index >= 15 is 0 Å². The molecular weight excluding hydrogens is 472 g/mol. The second-order valence-corrected chi connectivity index (χ2v) is 9.87. The van der Waals surface area contributed by atoms with Crippen LogP contribution in [0.25, 0.3) is 5.69 Å². The normalized spacial score (nSPS) is 11.3. The maximum Gasteiger partial charge on any atom is 0.263 e. The van der Waals surface area contributed by atoms with E-state index in [1.165, 1.54) is 18.2 Å². The monoisotopic (exact) mass is 494 g/mol. The number of carbonyl (C=O) groups is 1. The van der Waals surface area contributed by atoms with Crippen LogP contribution in [0.5, 0.6) is 0 Å². The topological polar surface area (TPSA) is 93.1 Å². The van der Waals surface area contributed by atoms with Crippen LogP contribution >= 0.6 is 11.6 Å². The first-order chi connectivity index (χ1) is 16.2. The van der Waals surface area contributed by atoms with Crippen molar-refractivity contribution in [3.63, 3.8) is 0 Å². The zero-order chi connectivity index (χ0) is 24.3. The van der Waals surface area contributed by atoms with E-state index in [2.05, 4.69) is 15.0 Å². The molecule has 0 saturated carbocycles. The Morgan fingerprint density at radius 3 is 2.47 bits per heavy atom. The van der Waals surface area contributed by atoms with Crippen molar-refractivity contribution in [1.29, 1.82) is 0 Å². The van der Waals surface area contributed by atoms with Crippen molar-refractivity contribution in [3.8, 4) is 5.69 Å². The lowest BCUT2D eigenvalue weighted by Crippen LogP contribution is -2.23. The van der Waals surface area contributed by atoms with Gasteiger partial charge in [0, 0.05) is 35.9 Å². The smallest absolute Gasteiger partial charge is 0.263 e. The molecule has 0 bridgehead atoms. The number of anilines is 1. The van der Waals surface area contributed by atoms with Gasteiger partial charge in [0.15, 0.2) is 0 Å². The Bertz CT molecular complexity index is 1450. The van der Waals surface area contributed by atoms with E-state index in [4.69, 9.17) is 11.6 Å². The first-order valence-electron chi connectivity index (χ1n) is 10.5. The SMILES string of the molecule is Cc1cccc(NS(=O)(=O)c2cc(C(=O)NCc3ccc(-n4ccnc4C)cc3)ccc2Cl)c1. The summed E-state index contributed by atoms with van der Waals surface area (Å²) in [5.41, 5.74) is 3.39. The van der Waals surface area contributed by atoms with Crippen LogP contribution in [-0.2, 0) is 16.6 Å². The van der Waals surface area contributed by atoms with Crippen LogP contribution in [0.3, 0.4) is 0 Å². The molecule has 0 fully saturated rings. The van der Waals surface area contributed by atoms with Crippen molar-refractivity contribution in [3.05, 3.63) is 107 Å². The molecular formula is C25H23ClN4O3S. The van der Waals surface area contributed by atoms with Gasteiger partial charge in [0.25, 0.3) is 15.9 Å². The van der Waals surface area contributed by atoms with Crippen molar-refractivity contribution in [2.75, 3.05) is 4.72 Å². The summed E-state index contributed by atoms with van der Waals surface area (Å²) in [6.07, 6.45) is 3.62. The van der Waals surface area contributed by atoms with E-state index in [1.807, 2.05) is 54.9 Å². The Morgan fingerprint density at radius 1 is 1.03 bits per heavy atom. The molecule has 9 heteroatoms. The van der Waals surface area contributed by atoms with Crippen molar-refractivity contribution in [2.45, 2.75) is 25.3 Å². The second-order valence-electron chi connectivity index (χ2n) is 7.81. The van der Waals surface area contributed by atoms with Gasteiger partial charge in [-0.3, -0.25) is 9.52 Å². The van der Waals surface area contributed by atoms with Crippen LogP contribution in [0.4, 0.5) is 5.69 Å². The van der Waals surface area contributed by atoms with Crippen LogP contribution < -0.4 is 10.0 Å². The number of nitrogens with one attached hydrogen (secondary N) is 2. The number of amides is 1. The fourth-order valence-corrected chi connectivity index (χ4v) is 5.06. The van der Waals surface area contributed by atoms with Gasteiger partial charge in [-0.2, -0.15) is 0 Å². The van der Waals surface area contributed by atoms with E-state index < -0.39 is 15.9 Å². The Morgan fingerprint density at radius 2 is 1.79 bits per heavy atom. The number of halogens is 1. The van der Waals surface area contributed by atoms with Gasteiger partial charge in [0.1, 0.15) is 10.7 Å². The number of aryl methyl sites for hydroxylation is 2. The predicted molar refractivity (Wildman–Crippen MR) is 133 cm³/mol. The van der Waals surface area contributed by atoms with Crippen LogP contribution in [-0.4, -0.2) is 23.9 Å². The Labute approximate surface area is 203 Å². The Hall–Kier alpha value is -3.62. The third-order valence-electron chi connectivity index (χ3n) is 5.25. The highest BCUT2D eigenvalue weighted by Gasteiger charge is 2.20. The number of nitrogens with zero attached hydrogens (tertiary/aromatic N) is 2. The third-order valence-corrected chi connectivity index (χ3v) is 7.11. The van der Waals surface area contributed by atoms with Crippen molar-refractivity contribution in [2.24, 2.45) is 0 Å². The lowest BCUT2D eigenvalue weighted by atomic mass is 10.1. The van der Waals surface area contributed by atoms with Crippen LogP contribution in [0, 0.1) is 13.8 Å². The molecule has 174 valence electrons. The molecule has 1 amide bonds. The molecule has 7 nitrogen and oxygen atoms in total. The van der Waals surface area contributed by atoms with Crippen LogP contribution in [0.1, 0.15) is 27.3 Å². The zero-order valence-electron chi connectivity index (χ0n) is 18.6. The number of aromatic nitrogens is 2. The zero-order valence-corrected chi connectivity index (χ0v) is 20.2. The molecule has 34 heavy (non-hydrogen) atoms. The third kappa shape index (κ3) is 5.30. The Balaban J connectivity index is 1.47. The number of sulfonamides is 1. The second kappa shape index (κ2) is 9.70. The molecule has 4 aromatic rings. The minimum absolute atomic E-state index is 0.0297. The minimum Gasteiger partial charge on any atom is -0.348 e. The maximum atomic E-state index is 12.9. The summed E-state index contributed by atoms with van der Waals surface area (Å²) in [6, 6.07) is 18.9. The van der Waals surface area contributed by atoms with Gasteiger partial charge in [0.2, 0.25) is 0 Å². The van der Waals surface area contributed by atoms with Crippen LogP contribution in [0.2, 0.25) is 5.02 Å². The lowest BCUT2D eigenvalue weighted by molar-refractivity contribution is 0.0950. The summed E-state index contributed by atoms with van der Waals surface area (Å²) in [7, 11) is -3.98. The predicted octanol–water partition coefficient (Wildman–Crippen LogP) is 4.87. The molecule has 0 unspecified atom stereocenters. The van der Waals surface area contributed by atoms with Gasteiger partial charge >= 0.3 is 0 Å². The largest absolute Gasteiger partial charge is 0.348 e. The summed E-state index contributed by atoms with van der Waals surface area (Å²) in [5.74, 6) is 0.477. The quantitative estimate of drug-likeness (QED) is 0.383. The molecule has 0 saturated heterocycles. The van der Waals surface area contributed by atoms with Crippen molar-refractivity contribution in [1.82, 2.24) is 14.9 Å². The molecule has 0 radical (unpaired) electrons. The van der Waals surface area contributed by atoms with E-state index in [-0.39, 0.29) is 22.0 Å². The molecule has 0 aliphatic carbocycles. The molecule has 0 aliphatic heterocycles. The average Bonchev–Trinajstić information content (AvgIpc) is 3.23. The summed E-state index contributed by atoms with van der Waals surface area (Å²) >= 11 is 6.17.